The Balaban J connectivity index is 2.44. The highest BCUT2D eigenvalue weighted by atomic mass is 19.1. The van der Waals surface area contributed by atoms with Gasteiger partial charge in [-0.2, -0.15) is 0 Å². The summed E-state index contributed by atoms with van der Waals surface area (Å²) >= 11 is 0. The number of hydrogen-bond donors (Lipinski definition) is 1. The number of aliphatic hydroxyl groups is 1. The lowest BCUT2D eigenvalue weighted by Gasteiger charge is -2.01. The third kappa shape index (κ3) is 4.95. The zero-order valence-electron chi connectivity index (χ0n) is 9.54. The van der Waals surface area contributed by atoms with Crippen LogP contribution >= 0.6 is 0 Å². The minimum absolute atomic E-state index is 0.269. The van der Waals surface area contributed by atoms with Crippen molar-refractivity contribution in [3.63, 3.8) is 0 Å². The van der Waals surface area contributed by atoms with Crippen LogP contribution in [0, 0.1) is 17.7 Å². The molecule has 0 aliphatic rings. The molecule has 1 aromatic rings. The Morgan fingerprint density at radius 2 is 1.94 bits per heavy atom. The second-order valence-electron chi connectivity index (χ2n) is 3.79. The van der Waals surface area contributed by atoms with E-state index in [0.29, 0.717) is 6.42 Å². The van der Waals surface area contributed by atoms with E-state index in [9.17, 15) is 9.50 Å². The van der Waals surface area contributed by atoms with E-state index in [4.69, 9.17) is 0 Å². The van der Waals surface area contributed by atoms with Crippen LogP contribution in [0.5, 0.6) is 0 Å². The number of benzene rings is 1. The van der Waals surface area contributed by atoms with E-state index in [2.05, 4.69) is 18.8 Å². The fourth-order valence-corrected chi connectivity index (χ4v) is 1.36. The first kappa shape index (κ1) is 12.7. The lowest BCUT2D eigenvalue weighted by Crippen LogP contribution is -2.02. The summed E-state index contributed by atoms with van der Waals surface area (Å²) in [7, 11) is 0. The second kappa shape index (κ2) is 7.03. The van der Waals surface area contributed by atoms with Gasteiger partial charge in [-0.15, -0.1) is 0 Å². The van der Waals surface area contributed by atoms with E-state index in [1.807, 2.05) is 0 Å². The van der Waals surface area contributed by atoms with Crippen molar-refractivity contribution in [3.8, 4) is 11.8 Å². The fraction of sp³-hybridized carbons (Fsp3) is 0.429. The summed E-state index contributed by atoms with van der Waals surface area (Å²) < 4.78 is 12.6. The molecule has 0 heterocycles. The van der Waals surface area contributed by atoms with Gasteiger partial charge in [-0.3, -0.25) is 0 Å². The number of aliphatic hydroxyl groups excluding tert-OH is 1. The van der Waals surface area contributed by atoms with Crippen molar-refractivity contribution in [1.29, 1.82) is 0 Å². The maximum atomic E-state index is 12.6. The standard InChI is InChI=1S/C14H17FO/c1-2-3-4-5-14(16)11-8-12-6-9-13(15)10-7-12/h6-7,9-10,14,16H,2-5H2,1H3. The number of rotatable bonds is 4. The molecule has 0 amide bonds. The van der Waals surface area contributed by atoms with E-state index in [0.717, 1.165) is 24.8 Å². The summed E-state index contributed by atoms with van der Waals surface area (Å²) in [5, 5.41) is 9.54. The monoisotopic (exact) mass is 220 g/mol. The van der Waals surface area contributed by atoms with E-state index in [1.54, 1.807) is 12.1 Å². The van der Waals surface area contributed by atoms with E-state index in [1.165, 1.54) is 12.1 Å². The van der Waals surface area contributed by atoms with Crippen molar-refractivity contribution in [2.75, 3.05) is 0 Å². The minimum Gasteiger partial charge on any atom is -0.380 e. The van der Waals surface area contributed by atoms with Gasteiger partial charge in [0.05, 0.1) is 0 Å². The largest absolute Gasteiger partial charge is 0.380 e. The average molecular weight is 220 g/mol. The van der Waals surface area contributed by atoms with E-state index < -0.39 is 6.10 Å². The molecule has 0 radical (unpaired) electrons. The Kier molecular flexibility index (Phi) is 5.60. The quantitative estimate of drug-likeness (QED) is 0.610. The molecule has 0 aromatic heterocycles. The van der Waals surface area contributed by atoms with Gasteiger partial charge in [-0.1, -0.05) is 31.6 Å². The Morgan fingerprint density at radius 3 is 2.56 bits per heavy atom. The molecule has 0 aliphatic carbocycles. The summed E-state index contributed by atoms with van der Waals surface area (Å²) in [4.78, 5) is 0. The second-order valence-corrected chi connectivity index (χ2v) is 3.79. The van der Waals surface area contributed by atoms with Gasteiger partial charge in [0.2, 0.25) is 0 Å². The van der Waals surface area contributed by atoms with Crippen molar-refractivity contribution in [2.45, 2.75) is 38.7 Å². The van der Waals surface area contributed by atoms with Gasteiger partial charge in [-0.05, 0) is 37.1 Å². The van der Waals surface area contributed by atoms with Crippen LogP contribution in [0.25, 0.3) is 0 Å². The van der Waals surface area contributed by atoms with Gasteiger partial charge >= 0.3 is 0 Å². The van der Waals surface area contributed by atoms with E-state index in [-0.39, 0.29) is 5.82 Å². The zero-order chi connectivity index (χ0) is 11.8. The summed E-state index contributed by atoms with van der Waals surface area (Å²) in [6.07, 6.45) is 3.39. The topological polar surface area (TPSA) is 20.2 Å². The van der Waals surface area contributed by atoms with Crippen molar-refractivity contribution < 1.29 is 9.50 Å². The molecular formula is C14H17FO. The normalized spacial score (nSPS) is 11.7. The smallest absolute Gasteiger partial charge is 0.123 e. The van der Waals surface area contributed by atoms with Crippen molar-refractivity contribution in [2.24, 2.45) is 0 Å². The Labute approximate surface area is 96.3 Å². The van der Waals surface area contributed by atoms with Crippen LogP contribution in [0.2, 0.25) is 0 Å². The van der Waals surface area contributed by atoms with Crippen LogP contribution in [0.15, 0.2) is 24.3 Å². The third-order valence-corrected chi connectivity index (χ3v) is 2.31. The molecule has 0 spiro atoms. The highest BCUT2D eigenvalue weighted by Gasteiger charge is 1.97. The molecule has 2 heteroatoms. The molecular weight excluding hydrogens is 203 g/mol. The fourth-order valence-electron chi connectivity index (χ4n) is 1.36. The van der Waals surface area contributed by atoms with Crippen molar-refractivity contribution >= 4 is 0 Å². The highest BCUT2D eigenvalue weighted by Crippen LogP contribution is 2.04. The highest BCUT2D eigenvalue weighted by molar-refractivity contribution is 5.34. The maximum absolute atomic E-state index is 12.6. The maximum Gasteiger partial charge on any atom is 0.123 e. The Hall–Kier alpha value is -1.33. The molecule has 0 bridgehead atoms. The number of unbranched alkanes of at least 4 members (excludes halogenated alkanes) is 2. The number of halogens is 1. The molecule has 1 unspecified atom stereocenters. The molecule has 0 saturated heterocycles. The van der Waals surface area contributed by atoms with Gasteiger partial charge in [0.1, 0.15) is 11.9 Å². The van der Waals surface area contributed by atoms with Gasteiger partial charge < -0.3 is 5.11 Å². The summed E-state index contributed by atoms with van der Waals surface area (Å²) in [5.74, 6) is 5.32. The molecule has 0 saturated carbocycles. The first-order valence-corrected chi connectivity index (χ1v) is 5.67. The summed E-state index contributed by atoms with van der Waals surface area (Å²) in [5.41, 5.74) is 0.732. The van der Waals surface area contributed by atoms with Gasteiger partial charge in [0, 0.05) is 5.56 Å². The number of hydrogen-bond acceptors (Lipinski definition) is 1. The average Bonchev–Trinajstić information content (AvgIpc) is 2.29. The predicted octanol–water partition coefficient (Wildman–Crippen LogP) is 3.12. The minimum atomic E-state index is -0.573. The van der Waals surface area contributed by atoms with Crippen LogP contribution in [0.4, 0.5) is 4.39 Å². The Morgan fingerprint density at radius 1 is 1.25 bits per heavy atom. The molecule has 86 valence electrons. The molecule has 1 aromatic carbocycles. The van der Waals surface area contributed by atoms with Crippen molar-refractivity contribution in [3.05, 3.63) is 35.6 Å². The molecule has 1 nitrogen and oxygen atoms in total. The van der Waals surface area contributed by atoms with Crippen LogP contribution < -0.4 is 0 Å². The van der Waals surface area contributed by atoms with E-state index >= 15 is 0 Å². The lowest BCUT2D eigenvalue weighted by molar-refractivity contribution is 0.217. The predicted molar refractivity (Wildman–Crippen MR) is 63.4 cm³/mol. The first-order chi connectivity index (χ1) is 7.72. The molecule has 0 fully saturated rings. The van der Waals surface area contributed by atoms with Crippen LogP contribution in [-0.2, 0) is 0 Å². The van der Waals surface area contributed by atoms with Gasteiger partial charge in [0.15, 0.2) is 0 Å². The zero-order valence-corrected chi connectivity index (χ0v) is 9.54. The molecule has 0 aliphatic heterocycles. The summed E-state index contributed by atoms with van der Waals surface area (Å²) in [6.45, 7) is 2.12. The van der Waals surface area contributed by atoms with Gasteiger partial charge in [-0.25, -0.2) is 4.39 Å². The van der Waals surface area contributed by atoms with Crippen LogP contribution in [0.3, 0.4) is 0 Å². The Bertz CT molecular complexity index is 359. The SMILES string of the molecule is CCCCCC(O)C#Cc1ccc(F)cc1. The summed E-state index contributed by atoms with van der Waals surface area (Å²) in [6, 6.07) is 5.96. The molecule has 16 heavy (non-hydrogen) atoms. The van der Waals surface area contributed by atoms with Crippen LogP contribution in [-0.4, -0.2) is 11.2 Å². The first-order valence-electron chi connectivity index (χ1n) is 5.67. The molecule has 1 atom stereocenters. The van der Waals surface area contributed by atoms with Crippen molar-refractivity contribution in [1.82, 2.24) is 0 Å². The lowest BCUT2D eigenvalue weighted by atomic mass is 10.1. The third-order valence-electron chi connectivity index (χ3n) is 2.31. The molecule has 1 N–H and O–H groups in total. The van der Waals surface area contributed by atoms with Crippen LogP contribution in [0.1, 0.15) is 38.2 Å². The molecule has 1 rings (SSSR count). The van der Waals surface area contributed by atoms with Gasteiger partial charge in [0.25, 0.3) is 0 Å².